The third-order valence-corrected chi connectivity index (χ3v) is 7.49. The first-order valence-corrected chi connectivity index (χ1v) is 13.4. The molecule has 1 N–H and O–H groups in total. The summed E-state index contributed by atoms with van der Waals surface area (Å²) in [5.41, 5.74) is 1.42. The van der Waals surface area contributed by atoms with Crippen LogP contribution >= 0.6 is 0 Å². The molecule has 5 heterocycles. The molecule has 0 saturated carbocycles. The van der Waals surface area contributed by atoms with Crippen molar-refractivity contribution in [1.82, 2.24) is 29.4 Å². The Bertz CT molecular complexity index is 1150. The number of ether oxygens (including phenoxy) is 2. The van der Waals surface area contributed by atoms with Crippen LogP contribution in [0, 0.1) is 12.8 Å². The Balaban J connectivity index is 1.14. The second kappa shape index (κ2) is 9.64. The van der Waals surface area contributed by atoms with Gasteiger partial charge in [0.1, 0.15) is 17.5 Å². The normalized spacial score (nSPS) is 23.9. The molecular weight excluding hydrogens is 474 g/mol. The number of nitrogens with zero attached hydrogens (tertiary/aromatic N) is 6. The maximum atomic E-state index is 13.0. The van der Waals surface area contributed by atoms with Crippen molar-refractivity contribution in [3.05, 3.63) is 17.6 Å². The van der Waals surface area contributed by atoms with E-state index in [0.717, 1.165) is 49.3 Å². The third kappa shape index (κ3) is 5.31. The average molecular weight is 514 g/mol. The SMILES string of the molecule is Cc1nc(NCC2C[C@H]3CC[C@@H](C2)N3C(=O)OC2CN(C(=O)OC(C)(C)C)C2)n2ncc(C(C)C)c2n1. The van der Waals surface area contributed by atoms with Crippen molar-refractivity contribution < 1.29 is 19.1 Å². The molecular formula is C26H39N7O4. The smallest absolute Gasteiger partial charge is 0.410 e. The number of nitrogens with one attached hydrogen (secondary N) is 1. The van der Waals surface area contributed by atoms with Gasteiger partial charge in [-0.25, -0.2) is 14.6 Å². The molecule has 2 amide bonds. The highest BCUT2D eigenvalue weighted by molar-refractivity contribution is 5.71. The quantitative estimate of drug-likeness (QED) is 0.639. The van der Waals surface area contributed by atoms with Gasteiger partial charge < -0.3 is 24.6 Å². The van der Waals surface area contributed by atoms with Crippen LogP contribution in [0.2, 0.25) is 0 Å². The van der Waals surface area contributed by atoms with E-state index in [1.165, 1.54) is 0 Å². The molecule has 5 rings (SSSR count). The molecule has 3 aliphatic rings. The van der Waals surface area contributed by atoms with Crippen LogP contribution in [0.15, 0.2) is 6.20 Å². The fourth-order valence-corrected chi connectivity index (χ4v) is 5.70. The molecule has 11 heteroatoms. The third-order valence-electron chi connectivity index (χ3n) is 7.49. The monoisotopic (exact) mass is 513 g/mol. The number of hydrogen-bond donors (Lipinski definition) is 1. The van der Waals surface area contributed by atoms with Crippen molar-refractivity contribution in [2.45, 2.75) is 96.9 Å². The Morgan fingerprint density at radius 2 is 1.78 bits per heavy atom. The first-order chi connectivity index (χ1) is 17.5. The fraction of sp³-hybridized carbons (Fsp3) is 0.731. The molecule has 3 aliphatic heterocycles. The van der Waals surface area contributed by atoms with E-state index in [0.29, 0.717) is 30.9 Å². The molecule has 2 bridgehead atoms. The molecule has 0 spiro atoms. The van der Waals surface area contributed by atoms with Crippen molar-refractivity contribution in [3.8, 4) is 0 Å². The van der Waals surface area contributed by atoms with Gasteiger partial charge in [0, 0.05) is 24.2 Å². The molecule has 1 unspecified atom stereocenters. The average Bonchev–Trinajstić information content (AvgIpc) is 3.31. The Kier molecular flexibility index (Phi) is 6.66. The molecule has 11 nitrogen and oxygen atoms in total. The van der Waals surface area contributed by atoms with Gasteiger partial charge in [-0.05, 0) is 65.2 Å². The number of hydrogen-bond acceptors (Lipinski definition) is 8. The minimum atomic E-state index is -0.537. The number of amides is 2. The van der Waals surface area contributed by atoms with Gasteiger partial charge in [-0.3, -0.25) is 0 Å². The number of anilines is 1. The largest absolute Gasteiger partial charge is 0.444 e. The molecule has 3 atom stereocenters. The summed E-state index contributed by atoms with van der Waals surface area (Å²) in [6, 6.07) is 0.369. The van der Waals surface area contributed by atoms with Crippen molar-refractivity contribution in [3.63, 3.8) is 0 Å². The van der Waals surface area contributed by atoms with Gasteiger partial charge in [0.25, 0.3) is 0 Å². The standard InChI is InChI=1S/C26H39N7O4/c1-15(2)21-12-28-33-22(21)29-16(3)30-23(33)27-11-17-9-18-7-8-19(10-17)32(18)25(35)36-20-13-31(14-20)24(34)37-26(4,5)6/h12,15,17-20H,7-11,13-14H2,1-6H3,(H,27,29,30)/t17?,18-,19+. The van der Waals surface area contributed by atoms with Gasteiger partial charge in [-0.2, -0.15) is 14.6 Å². The first kappa shape index (κ1) is 25.5. The Morgan fingerprint density at radius 3 is 2.41 bits per heavy atom. The number of carbonyl (C=O) groups is 2. The van der Waals surface area contributed by atoms with Crippen molar-refractivity contribution >= 4 is 23.8 Å². The highest BCUT2D eigenvalue weighted by Crippen LogP contribution is 2.39. The van der Waals surface area contributed by atoms with Gasteiger partial charge in [-0.1, -0.05) is 13.8 Å². The summed E-state index contributed by atoms with van der Waals surface area (Å²) >= 11 is 0. The zero-order chi connectivity index (χ0) is 26.5. The second-order valence-corrected chi connectivity index (χ2v) is 12.0. The first-order valence-electron chi connectivity index (χ1n) is 13.4. The number of piperidine rings is 1. The number of likely N-dealkylation sites (tertiary alicyclic amines) is 1. The van der Waals surface area contributed by atoms with E-state index in [9.17, 15) is 9.59 Å². The molecule has 2 aromatic heterocycles. The van der Waals surface area contributed by atoms with E-state index in [1.54, 1.807) is 9.42 Å². The highest BCUT2D eigenvalue weighted by Gasteiger charge is 2.45. The van der Waals surface area contributed by atoms with E-state index >= 15 is 0 Å². The molecule has 202 valence electrons. The summed E-state index contributed by atoms with van der Waals surface area (Å²) in [7, 11) is 0. The minimum Gasteiger partial charge on any atom is -0.444 e. The van der Waals surface area contributed by atoms with Crippen LogP contribution in [0.1, 0.15) is 77.6 Å². The summed E-state index contributed by atoms with van der Waals surface area (Å²) in [5.74, 6) is 2.19. The second-order valence-electron chi connectivity index (χ2n) is 12.0. The molecule has 3 saturated heterocycles. The molecule has 0 aromatic carbocycles. The summed E-state index contributed by atoms with van der Waals surface area (Å²) in [6.07, 6.45) is 4.84. The van der Waals surface area contributed by atoms with Crippen LogP contribution < -0.4 is 5.32 Å². The number of rotatable bonds is 5. The van der Waals surface area contributed by atoms with Crippen LogP contribution in [0.4, 0.5) is 15.5 Å². The number of aryl methyl sites for hydroxylation is 1. The van der Waals surface area contributed by atoms with Crippen LogP contribution in [0.5, 0.6) is 0 Å². The molecule has 37 heavy (non-hydrogen) atoms. The van der Waals surface area contributed by atoms with Gasteiger partial charge in [0.15, 0.2) is 5.65 Å². The maximum absolute atomic E-state index is 13.0. The fourth-order valence-electron chi connectivity index (χ4n) is 5.70. The molecule has 3 fully saturated rings. The van der Waals surface area contributed by atoms with E-state index in [4.69, 9.17) is 9.47 Å². The topological polar surface area (TPSA) is 114 Å². The van der Waals surface area contributed by atoms with Gasteiger partial charge in [0.2, 0.25) is 5.95 Å². The maximum Gasteiger partial charge on any atom is 0.410 e. The van der Waals surface area contributed by atoms with Gasteiger partial charge >= 0.3 is 12.2 Å². The van der Waals surface area contributed by atoms with Crippen LogP contribution in [-0.4, -0.2) is 85.0 Å². The van der Waals surface area contributed by atoms with Crippen molar-refractivity contribution in [2.75, 3.05) is 25.0 Å². The van der Waals surface area contributed by atoms with E-state index in [2.05, 4.69) is 34.2 Å². The Hall–Kier alpha value is -3.11. The van der Waals surface area contributed by atoms with Gasteiger partial charge in [0.05, 0.1) is 19.3 Å². The Morgan fingerprint density at radius 1 is 1.11 bits per heavy atom. The Labute approximate surface area is 217 Å². The predicted octanol–water partition coefficient (Wildman–Crippen LogP) is 3.97. The minimum absolute atomic E-state index is 0.185. The molecule has 0 radical (unpaired) electrons. The number of fused-ring (bicyclic) bond motifs is 3. The highest BCUT2D eigenvalue weighted by atomic mass is 16.6. The molecule has 2 aromatic rings. The van der Waals surface area contributed by atoms with Crippen LogP contribution in [0.25, 0.3) is 5.65 Å². The van der Waals surface area contributed by atoms with E-state index < -0.39 is 5.60 Å². The number of carbonyl (C=O) groups excluding carboxylic acids is 2. The number of aromatic nitrogens is 4. The lowest BCUT2D eigenvalue weighted by Gasteiger charge is -2.42. The van der Waals surface area contributed by atoms with Crippen molar-refractivity contribution in [1.29, 1.82) is 0 Å². The van der Waals surface area contributed by atoms with Crippen LogP contribution in [0.3, 0.4) is 0 Å². The zero-order valence-electron chi connectivity index (χ0n) is 22.7. The van der Waals surface area contributed by atoms with E-state index in [-0.39, 0.29) is 30.4 Å². The summed E-state index contributed by atoms with van der Waals surface area (Å²) in [6.45, 7) is 13.2. The van der Waals surface area contributed by atoms with Crippen LogP contribution in [-0.2, 0) is 9.47 Å². The summed E-state index contributed by atoms with van der Waals surface area (Å²) in [5, 5.41) is 8.03. The van der Waals surface area contributed by atoms with Gasteiger partial charge in [-0.15, -0.1) is 0 Å². The predicted molar refractivity (Wildman–Crippen MR) is 138 cm³/mol. The summed E-state index contributed by atoms with van der Waals surface area (Å²) in [4.78, 5) is 37.9. The molecule has 0 aliphatic carbocycles. The lowest BCUT2D eigenvalue weighted by atomic mass is 9.91. The zero-order valence-corrected chi connectivity index (χ0v) is 22.7. The van der Waals surface area contributed by atoms with E-state index in [1.807, 2.05) is 38.8 Å². The lowest BCUT2D eigenvalue weighted by molar-refractivity contribution is -0.0495. The summed E-state index contributed by atoms with van der Waals surface area (Å²) < 4.78 is 12.9. The van der Waals surface area contributed by atoms with Crippen molar-refractivity contribution in [2.24, 2.45) is 5.92 Å². The lowest BCUT2D eigenvalue weighted by Crippen LogP contribution is -2.58.